The van der Waals surface area contributed by atoms with Crippen molar-refractivity contribution in [2.24, 2.45) is 11.8 Å². The molecule has 2 N–H and O–H groups in total. The first-order valence-electron chi connectivity index (χ1n) is 13.9. The van der Waals surface area contributed by atoms with Crippen LogP contribution in [0.4, 0.5) is 0 Å². The van der Waals surface area contributed by atoms with Crippen LogP contribution in [0.3, 0.4) is 0 Å². The van der Waals surface area contributed by atoms with Crippen LogP contribution in [0.25, 0.3) is 21.7 Å². The van der Waals surface area contributed by atoms with Crippen LogP contribution in [0.1, 0.15) is 43.0 Å². The van der Waals surface area contributed by atoms with Gasteiger partial charge in [-0.2, -0.15) is 0 Å². The molecule has 39 heavy (non-hydrogen) atoms. The average molecular weight is 537 g/mol. The fourth-order valence-corrected chi connectivity index (χ4v) is 7.04. The Balaban J connectivity index is 1.33. The van der Waals surface area contributed by atoms with Gasteiger partial charge in [0.1, 0.15) is 5.75 Å². The Hall–Kier alpha value is -3.48. The summed E-state index contributed by atoms with van der Waals surface area (Å²) >= 11 is 6.00. The summed E-state index contributed by atoms with van der Waals surface area (Å²) in [6.45, 7) is 8.47. The van der Waals surface area contributed by atoms with E-state index < -0.39 is 0 Å². The molecule has 200 valence electrons. The molecule has 0 amide bonds. The molecule has 4 heterocycles. The molecule has 4 aromatic rings. The van der Waals surface area contributed by atoms with Crippen LogP contribution in [0.2, 0.25) is 0 Å². The van der Waals surface area contributed by atoms with Crippen LogP contribution >= 0.6 is 12.2 Å². The Morgan fingerprint density at radius 2 is 1.92 bits per heavy atom. The van der Waals surface area contributed by atoms with Gasteiger partial charge in [0.15, 0.2) is 5.11 Å². The molecule has 1 unspecified atom stereocenters. The molecule has 3 fully saturated rings. The molecule has 2 bridgehead atoms. The van der Waals surface area contributed by atoms with E-state index in [-0.39, 0.29) is 12.1 Å². The molecule has 3 aliphatic rings. The Kier molecular flexibility index (Phi) is 7.24. The molecule has 6 atom stereocenters. The van der Waals surface area contributed by atoms with Crippen molar-refractivity contribution in [3.8, 4) is 5.75 Å². The van der Waals surface area contributed by atoms with E-state index in [2.05, 4.69) is 94.7 Å². The zero-order valence-electron chi connectivity index (χ0n) is 22.6. The number of fused-ring (bicyclic) bond motifs is 5. The Morgan fingerprint density at radius 1 is 1.08 bits per heavy atom. The summed E-state index contributed by atoms with van der Waals surface area (Å²) in [5.74, 6) is 2.04. The quantitative estimate of drug-likeness (QED) is 0.206. The molecule has 0 spiro atoms. The zero-order chi connectivity index (χ0) is 26.9. The normalized spacial score (nSPS) is 23.7. The van der Waals surface area contributed by atoms with Crippen LogP contribution in [0, 0.1) is 11.8 Å². The summed E-state index contributed by atoms with van der Waals surface area (Å²) < 4.78 is 5.59. The lowest BCUT2D eigenvalue weighted by atomic mass is 9.73. The zero-order valence-corrected chi connectivity index (χ0v) is 23.5. The number of hydrogen-bond acceptors (Lipinski definition) is 4. The van der Waals surface area contributed by atoms with Gasteiger partial charge in [0.05, 0.1) is 24.7 Å². The third-order valence-electron chi connectivity index (χ3n) is 8.78. The largest absolute Gasteiger partial charge is 0.497 e. The average Bonchev–Trinajstić information content (AvgIpc) is 2.99. The molecular formula is C33H36N4OS. The molecule has 7 rings (SSSR count). The highest BCUT2D eigenvalue weighted by molar-refractivity contribution is 7.80. The number of nitrogens with zero attached hydrogens (tertiary/aromatic N) is 2. The molecule has 6 heteroatoms. The van der Waals surface area contributed by atoms with Crippen LogP contribution in [0.5, 0.6) is 5.75 Å². The van der Waals surface area contributed by atoms with Gasteiger partial charge in [-0.05, 0) is 96.5 Å². The smallest absolute Gasteiger partial charge is 0.167 e. The first-order valence-corrected chi connectivity index (χ1v) is 14.3. The van der Waals surface area contributed by atoms with E-state index in [1.807, 2.05) is 18.3 Å². The number of ether oxygens (including phenoxy) is 1. The second-order valence-corrected chi connectivity index (χ2v) is 11.3. The lowest BCUT2D eigenvalue weighted by Gasteiger charge is -2.52. The predicted octanol–water partition coefficient (Wildman–Crippen LogP) is 6.56. The second kappa shape index (κ2) is 10.9. The Bertz CT molecular complexity index is 1520. The number of benzene rings is 3. The van der Waals surface area contributed by atoms with E-state index in [9.17, 15) is 0 Å². The Morgan fingerprint density at radius 3 is 2.72 bits per heavy atom. The third-order valence-corrected chi connectivity index (χ3v) is 9.02. The number of piperidine rings is 3. The number of pyridine rings is 1. The van der Waals surface area contributed by atoms with Gasteiger partial charge in [-0.3, -0.25) is 9.88 Å². The molecule has 3 saturated heterocycles. The second-order valence-electron chi connectivity index (χ2n) is 10.9. The molecule has 3 aromatic carbocycles. The summed E-state index contributed by atoms with van der Waals surface area (Å²) in [6, 6.07) is 23.6. The molecule has 0 radical (unpaired) electrons. The van der Waals surface area contributed by atoms with Crippen molar-refractivity contribution < 1.29 is 4.74 Å². The summed E-state index contributed by atoms with van der Waals surface area (Å²) in [4.78, 5) is 7.29. The van der Waals surface area contributed by atoms with E-state index in [0.29, 0.717) is 23.0 Å². The maximum atomic E-state index is 6.00. The predicted molar refractivity (Wildman–Crippen MR) is 164 cm³/mol. The minimum atomic E-state index is 0.0101. The van der Waals surface area contributed by atoms with Gasteiger partial charge >= 0.3 is 0 Å². The highest BCUT2D eigenvalue weighted by atomic mass is 32.1. The van der Waals surface area contributed by atoms with E-state index in [1.165, 1.54) is 28.3 Å². The van der Waals surface area contributed by atoms with Gasteiger partial charge in [0, 0.05) is 24.2 Å². The minimum absolute atomic E-state index is 0.0101. The first kappa shape index (κ1) is 25.8. The highest BCUT2D eigenvalue weighted by Gasteiger charge is 2.43. The van der Waals surface area contributed by atoms with Gasteiger partial charge in [-0.15, -0.1) is 6.58 Å². The van der Waals surface area contributed by atoms with Gasteiger partial charge in [0.2, 0.25) is 0 Å². The number of methoxy groups -OCH3 is 1. The van der Waals surface area contributed by atoms with E-state index in [0.717, 1.165) is 36.2 Å². The van der Waals surface area contributed by atoms with E-state index >= 15 is 0 Å². The van der Waals surface area contributed by atoms with Gasteiger partial charge in [-0.25, -0.2) is 0 Å². The van der Waals surface area contributed by atoms with Crippen LogP contribution in [-0.2, 0) is 0 Å². The molecule has 1 aromatic heterocycles. The number of aromatic nitrogens is 1. The number of nitrogens with one attached hydrogen (secondary N) is 2. The SMILES string of the molecule is C=C[C@H]1CN2CC[C@H]1C[C@@H]2[C@H](NC(=S)N[C@H](C)c1cccc2ccccc12)c1ccnc2ccc(OC)cc12. The lowest BCUT2D eigenvalue weighted by Crippen LogP contribution is -2.58. The number of hydrogen-bond donors (Lipinski definition) is 2. The summed E-state index contributed by atoms with van der Waals surface area (Å²) in [7, 11) is 1.71. The lowest BCUT2D eigenvalue weighted by molar-refractivity contribution is 0.00428. The molecule has 5 nitrogen and oxygen atoms in total. The molecular weight excluding hydrogens is 500 g/mol. The van der Waals surface area contributed by atoms with Gasteiger partial charge < -0.3 is 15.4 Å². The van der Waals surface area contributed by atoms with Crippen LogP contribution in [0.15, 0.2) is 85.6 Å². The van der Waals surface area contributed by atoms with Gasteiger partial charge in [0.25, 0.3) is 0 Å². The molecule has 0 aliphatic carbocycles. The maximum absolute atomic E-state index is 6.00. The summed E-state index contributed by atoms with van der Waals surface area (Å²) in [5.41, 5.74) is 3.40. The fraction of sp³-hybridized carbons (Fsp3) is 0.333. The monoisotopic (exact) mass is 536 g/mol. The fourth-order valence-electron chi connectivity index (χ4n) is 6.74. The molecule has 3 aliphatic heterocycles. The minimum Gasteiger partial charge on any atom is -0.497 e. The number of thiocarbonyl (C=S) groups is 1. The van der Waals surface area contributed by atoms with Crippen molar-refractivity contribution in [2.75, 3.05) is 20.2 Å². The third kappa shape index (κ3) is 4.99. The van der Waals surface area contributed by atoms with Crippen molar-refractivity contribution in [2.45, 2.75) is 37.9 Å². The Labute approximate surface area is 236 Å². The maximum Gasteiger partial charge on any atom is 0.167 e. The van der Waals surface area contributed by atoms with Crippen molar-refractivity contribution >= 4 is 39.0 Å². The van der Waals surface area contributed by atoms with Crippen molar-refractivity contribution in [3.63, 3.8) is 0 Å². The summed E-state index contributed by atoms with van der Waals surface area (Å²) in [6.07, 6.45) is 6.41. The standard InChI is InChI=1S/C33H36N4OS/c1-4-22-20-37-17-15-24(22)18-31(37)32(28-14-16-34-30-13-12-25(38-3)19-29(28)30)36-33(39)35-21(2)26-11-7-9-23-8-5-6-10-27(23)26/h4-14,16,19,21-22,24,31-32H,1,15,17-18,20H2,2-3H3,(H2,35,36,39)/t21-,22+,24+,31-,32-/m1/s1. The highest BCUT2D eigenvalue weighted by Crippen LogP contribution is 2.42. The van der Waals surface area contributed by atoms with Crippen molar-refractivity contribution in [1.82, 2.24) is 20.5 Å². The molecule has 0 saturated carbocycles. The topological polar surface area (TPSA) is 49.4 Å². The van der Waals surface area contributed by atoms with Crippen molar-refractivity contribution in [3.05, 3.63) is 96.7 Å². The summed E-state index contributed by atoms with van der Waals surface area (Å²) in [5, 5.41) is 11.6. The van der Waals surface area contributed by atoms with Crippen LogP contribution in [-0.4, -0.2) is 41.2 Å². The van der Waals surface area contributed by atoms with Gasteiger partial charge in [-0.1, -0.05) is 48.5 Å². The first-order chi connectivity index (χ1) is 19.1. The van der Waals surface area contributed by atoms with Crippen molar-refractivity contribution in [1.29, 1.82) is 0 Å². The van der Waals surface area contributed by atoms with Crippen LogP contribution < -0.4 is 15.4 Å². The van der Waals surface area contributed by atoms with E-state index in [1.54, 1.807) is 7.11 Å². The number of rotatable bonds is 7. The van der Waals surface area contributed by atoms with E-state index in [4.69, 9.17) is 17.0 Å².